The van der Waals surface area contributed by atoms with Crippen LogP contribution in [0.5, 0.6) is 11.6 Å². The zero-order chi connectivity index (χ0) is 21.1. The minimum Gasteiger partial charge on any atom is -0.477 e. The first kappa shape index (κ1) is 19.1. The number of rotatable bonds is 6. The van der Waals surface area contributed by atoms with Gasteiger partial charge >= 0.3 is 5.97 Å². The summed E-state index contributed by atoms with van der Waals surface area (Å²) in [6.07, 6.45) is 1.50. The molecule has 0 aliphatic rings. The van der Waals surface area contributed by atoms with Crippen LogP contribution in [0.25, 0.3) is 10.9 Å². The molecule has 7 nitrogen and oxygen atoms in total. The summed E-state index contributed by atoms with van der Waals surface area (Å²) in [5, 5.41) is 12.6. The largest absolute Gasteiger partial charge is 0.477 e. The Morgan fingerprint density at radius 1 is 1.10 bits per heavy atom. The maximum absolute atomic E-state index is 13.1. The molecule has 0 unspecified atom stereocenters. The molecule has 0 fully saturated rings. The van der Waals surface area contributed by atoms with Gasteiger partial charge in [-0.2, -0.15) is 0 Å². The Labute approximate surface area is 170 Å². The van der Waals surface area contributed by atoms with Gasteiger partial charge in [-0.25, -0.2) is 14.2 Å². The Hall–Kier alpha value is -4.20. The van der Waals surface area contributed by atoms with E-state index in [9.17, 15) is 14.0 Å². The molecule has 0 saturated carbocycles. The number of carbonyl (C=O) groups excluding carboxylic acids is 1. The van der Waals surface area contributed by atoms with Gasteiger partial charge in [-0.15, -0.1) is 0 Å². The number of carboxylic acid groups (broad SMARTS) is 1. The van der Waals surface area contributed by atoms with E-state index in [1.165, 1.54) is 30.5 Å². The lowest BCUT2D eigenvalue weighted by Crippen LogP contribution is -2.23. The fraction of sp³-hybridized carbons (Fsp3) is 0.0455. The number of aromatic amines is 1. The summed E-state index contributed by atoms with van der Waals surface area (Å²) in [6, 6.07) is 15.5. The number of hydrogen-bond acceptors (Lipinski definition) is 4. The minimum absolute atomic E-state index is 0.101. The van der Waals surface area contributed by atoms with Gasteiger partial charge in [-0.3, -0.25) is 4.79 Å². The summed E-state index contributed by atoms with van der Waals surface area (Å²) in [6.45, 7) is 0.229. The second-order valence-corrected chi connectivity index (χ2v) is 6.50. The molecule has 8 heteroatoms. The number of carbonyl (C=O) groups is 2. The molecule has 150 valence electrons. The lowest BCUT2D eigenvalue weighted by molar-refractivity contribution is 0.0691. The molecular formula is C22H16FN3O4. The first-order chi connectivity index (χ1) is 14.5. The van der Waals surface area contributed by atoms with Crippen molar-refractivity contribution in [2.24, 2.45) is 0 Å². The molecule has 0 spiro atoms. The predicted molar refractivity (Wildman–Crippen MR) is 107 cm³/mol. The van der Waals surface area contributed by atoms with Crippen molar-refractivity contribution in [2.75, 3.05) is 0 Å². The quantitative estimate of drug-likeness (QED) is 0.448. The third kappa shape index (κ3) is 4.12. The van der Waals surface area contributed by atoms with Crippen molar-refractivity contribution >= 4 is 22.8 Å². The van der Waals surface area contributed by atoms with Gasteiger partial charge in [0, 0.05) is 23.6 Å². The maximum atomic E-state index is 13.1. The van der Waals surface area contributed by atoms with E-state index < -0.39 is 11.8 Å². The number of carboxylic acids is 1. The molecule has 0 aliphatic carbocycles. The number of nitrogens with zero attached hydrogens (tertiary/aromatic N) is 1. The zero-order valence-corrected chi connectivity index (χ0v) is 15.6. The van der Waals surface area contributed by atoms with Crippen molar-refractivity contribution in [2.45, 2.75) is 6.54 Å². The Balaban J connectivity index is 1.48. The highest BCUT2D eigenvalue weighted by molar-refractivity contribution is 5.96. The van der Waals surface area contributed by atoms with Crippen LogP contribution in [0.1, 0.15) is 26.4 Å². The van der Waals surface area contributed by atoms with E-state index in [2.05, 4.69) is 15.3 Å². The molecule has 0 radical (unpaired) electrons. The molecule has 2 heterocycles. The van der Waals surface area contributed by atoms with Crippen molar-refractivity contribution in [1.29, 1.82) is 0 Å². The summed E-state index contributed by atoms with van der Waals surface area (Å²) < 4.78 is 18.7. The van der Waals surface area contributed by atoms with Crippen LogP contribution >= 0.6 is 0 Å². The lowest BCUT2D eigenvalue weighted by Gasteiger charge is -2.10. The molecule has 4 rings (SSSR count). The molecule has 1 amide bonds. The third-order valence-electron chi connectivity index (χ3n) is 4.41. The zero-order valence-electron chi connectivity index (χ0n) is 15.6. The maximum Gasteiger partial charge on any atom is 0.352 e. The number of pyridine rings is 1. The Morgan fingerprint density at radius 2 is 1.90 bits per heavy atom. The van der Waals surface area contributed by atoms with Gasteiger partial charge in [0.25, 0.3) is 5.91 Å². The van der Waals surface area contributed by atoms with E-state index in [1.54, 1.807) is 36.4 Å². The number of ether oxygens (including phenoxy) is 1. The first-order valence-corrected chi connectivity index (χ1v) is 9.01. The van der Waals surface area contributed by atoms with Crippen LogP contribution in [-0.4, -0.2) is 27.0 Å². The molecule has 30 heavy (non-hydrogen) atoms. The number of hydrogen-bond donors (Lipinski definition) is 3. The molecule has 4 aromatic rings. The van der Waals surface area contributed by atoms with Crippen LogP contribution in [0.2, 0.25) is 0 Å². The molecule has 3 N–H and O–H groups in total. The standard InChI is InChI=1S/C22H16FN3O4/c23-15-4-6-16(7-5-15)30-21-17(2-1-9-24-21)20(27)25-12-13-3-8-18-14(10-13)11-19(26-18)22(28)29/h1-11,26H,12H2,(H,25,27)(H,28,29). The smallest absolute Gasteiger partial charge is 0.352 e. The van der Waals surface area contributed by atoms with Crippen LogP contribution in [-0.2, 0) is 6.54 Å². The second kappa shape index (κ2) is 8.04. The Kier molecular flexibility index (Phi) is 5.13. The van der Waals surface area contributed by atoms with E-state index >= 15 is 0 Å². The highest BCUT2D eigenvalue weighted by Crippen LogP contribution is 2.23. The molecule has 0 bridgehead atoms. The summed E-state index contributed by atoms with van der Waals surface area (Å²) >= 11 is 0. The summed E-state index contributed by atoms with van der Waals surface area (Å²) in [7, 11) is 0. The number of aromatic nitrogens is 2. The summed E-state index contributed by atoms with van der Waals surface area (Å²) in [4.78, 5) is 30.7. The summed E-state index contributed by atoms with van der Waals surface area (Å²) in [5.74, 6) is -1.35. The minimum atomic E-state index is -1.04. The van der Waals surface area contributed by atoms with Crippen molar-refractivity contribution in [3.05, 3.63) is 89.5 Å². The predicted octanol–water partition coefficient (Wildman–Crippen LogP) is 4.12. The monoisotopic (exact) mass is 405 g/mol. The van der Waals surface area contributed by atoms with E-state index in [0.29, 0.717) is 11.3 Å². The van der Waals surface area contributed by atoms with Gasteiger partial charge in [0.15, 0.2) is 0 Å². The van der Waals surface area contributed by atoms with Crippen molar-refractivity contribution in [3.8, 4) is 11.6 Å². The second-order valence-electron chi connectivity index (χ2n) is 6.50. The number of H-pyrrole nitrogens is 1. The average Bonchev–Trinajstić information content (AvgIpc) is 3.18. The topological polar surface area (TPSA) is 104 Å². The van der Waals surface area contributed by atoms with Gasteiger partial charge in [-0.05, 0) is 60.2 Å². The van der Waals surface area contributed by atoms with Crippen LogP contribution in [0.3, 0.4) is 0 Å². The summed E-state index contributed by atoms with van der Waals surface area (Å²) in [5.41, 5.74) is 1.84. The number of nitrogens with one attached hydrogen (secondary N) is 2. The van der Waals surface area contributed by atoms with Crippen molar-refractivity contribution in [3.63, 3.8) is 0 Å². The van der Waals surface area contributed by atoms with E-state index in [1.807, 2.05) is 0 Å². The molecular weight excluding hydrogens is 389 g/mol. The van der Waals surface area contributed by atoms with Crippen molar-refractivity contribution in [1.82, 2.24) is 15.3 Å². The van der Waals surface area contributed by atoms with Gasteiger partial charge in [-0.1, -0.05) is 6.07 Å². The van der Waals surface area contributed by atoms with Crippen LogP contribution in [0.4, 0.5) is 4.39 Å². The van der Waals surface area contributed by atoms with E-state index in [4.69, 9.17) is 9.84 Å². The van der Waals surface area contributed by atoms with Crippen LogP contribution in [0.15, 0.2) is 66.9 Å². The lowest BCUT2D eigenvalue weighted by atomic mass is 10.1. The van der Waals surface area contributed by atoms with Crippen LogP contribution in [0, 0.1) is 5.82 Å². The first-order valence-electron chi connectivity index (χ1n) is 9.01. The fourth-order valence-electron chi connectivity index (χ4n) is 2.94. The SMILES string of the molecule is O=C(O)c1cc2cc(CNC(=O)c3cccnc3Oc3ccc(F)cc3)ccc2[nH]1. The highest BCUT2D eigenvalue weighted by atomic mass is 19.1. The Bertz CT molecular complexity index is 1230. The Morgan fingerprint density at radius 3 is 2.67 bits per heavy atom. The van der Waals surface area contributed by atoms with Gasteiger partial charge in [0.2, 0.25) is 5.88 Å². The highest BCUT2D eigenvalue weighted by Gasteiger charge is 2.15. The number of fused-ring (bicyclic) bond motifs is 1. The van der Waals surface area contributed by atoms with E-state index in [0.717, 1.165) is 10.9 Å². The molecule has 0 atom stereocenters. The van der Waals surface area contributed by atoms with E-state index in [-0.39, 0.29) is 29.6 Å². The number of aromatic carboxylic acids is 1. The number of halogens is 1. The van der Waals surface area contributed by atoms with Gasteiger partial charge in [0.1, 0.15) is 22.8 Å². The fourth-order valence-corrected chi connectivity index (χ4v) is 2.94. The number of benzene rings is 2. The number of amides is 1. The third-order valence-corrected chi connectivity index (χ3v) is 4.41. The van der Waals surface area contributed by atoms with Crippen molar-refractivity contribution < 1.29 is 23.8 Å². The normalized spacial score (nSPS) is 10.7. The molecule has 2 aromatic carbocycles. The van der Waals surface area contributed by atoms with Gasteiger partial charge < -0.3 is 20.1 Å². The molecule has 0 saturated heterocycles. The molecule has 0 aliphatic heterocycles. The van der Waals surface area contributed by atoms with Crippen LogP contribution < -0.4 is 10.1 Å². The average molecular weight is 405 g/mol. The van der Waals surface area contributed by atoms with Gasteiger partial charge in [0.05, 0.1) is 0 Å². The molecule has 2 aromatic heterocycles.